The third-order valence-corrected chi connectivity index (χ3v) is 4.90. The number of benzene rings is 1. The highest BCUT2D eigenvalue weighted by atomic mass is 32.2. The summed E-state index contributed by atoms with van der Waals surface area (Å²) in [6.45, 7) is 5.30. The molecule has 1 saturated heterocycles. The molecule has 0 aliphatic carbocycles. The third kappa shape index (κ3) is 3.93. The molecule has 20 heavy (non-hydrogen) atoms. The van der Waals surface area contributed by atoms with Gasteiger partial charge in [0.25, 0.3) is 0 Å². The highest BCUT2D eigenvalue weighted by Crippen LogP contribution is 2.23. The van der Waals surface area contributed by atoms with Crippen molar-refractivity contribution in [2.24, 2.45) is 0 Å². The summed E-state index contributed by atoms with van der Waals surface area (Å²) in [7, 11) is 1.80. The molecule has 2 atom stereocenters. The van der Waals surface area contributed by atoms with Crippen LogP contribution in [0, 0.1) is 11.6 Å². The van der Waals surface area contributed by atoms with E-state index in [9.17, 15) is 8.78 Å². The van der Waals surface area contributed by atoms with Crippen LogP contribution in [0.2, 0.25) is 0 Å². The zero-order valence-corrected chi connectivity index (χ0v) is 12.9. The van der Waals surface area contributed by atoms with Gasteiger partial charge in [-0.05, 0) is 19.5 Å². The second-order valence-electron chi connectivity index (χ2n) is 5.25. The van der Waals surface area contributed by atoms with Gasteiger partial charge in [0, 0.05) is 42.2 Å². The summed E-state index contributed by atoms with van der Waals surface area (Å²) in [6, 6.07) is 4.25. The molecule has 2 nitrogen and oxygen atoms in total. The van der Waals surface area contributed by atoms with Gasteiger partial charge in [-0.15, -0.1) is 0 Å². The van der Waals surface area contributed by atoms with Crippen molar-refractivity contribution in [1.29, 1.82) is 0 Å². The molecule has 0 radical (unpaired) electrons. The molecule has 1 heterocycles. The number of thioether (sulfide) groups is 1. The van der Waals surface area contributed by atoms with E-state index >= 15 is 0 Å². The highest BCUT2D eigenvalue weighted by molar-refractivity contribution is 7.99. The number of hydrogen-bond donors (Lipinski definition) is 1. The van der Waals surface area contributed by atoms with Crippen molar-refractivity contribution in [3.8, 4) is 0 Å². The van der Waals surface area contributed by atoms with E-state index in [1.165, 1.54) is 0 Å². The summed E-state index contributed by atoms with van der Waals surface area (Å²) in [5.74, 6) is -0.347. The molecular weight excluding hydrogens is 278 g/mol. The van der Waals surface area contributed by atoms with Crippen LogP contribution in [0.5, 0.6) is 0 Å². The van der Waals surface area contributed by atoms with Crippen LogP contribution in [0.4, 0.5) is 8.78 Å². The molecular formula is C15H22F2N2S. The molecule has 0 bridgehead atoms. The first-order valence-electron chi connectivity index (χ1n) is 7.07. The smallest absolute Gasteiger partial charge is 0.163 e. The Morgan fingerprint density at radius 1 is 1.45 bits per heavy atom. The summed E-state index contributed by atoms with van der Waals surface area (Å²) in [4.78, 5) is 2.41. The topological polar surface area (TPSA) is 15.3 Å². The van der Waals surface area contributed by atoms with E-state index in [0.717, 1.165) is 37.9 Å². The lowest BCUT2D eigenvalue weighted by atomic mass is 10.0. The lowest BCUT2D eigenvalue weighted by molar-refractivity contribution is 0.268. The van der Waals surface area contributed by atoms with E-state index in [-0.39, 0.29) is 6.04 Å². The number of hydrogen-bond acceptors (Lipinski definition) is 3. The molecule has 1 aromatic carbocycles. The molecule has 2 unspecified atom stereocenters. The summed E-state index contributed by atoms with van der Waals surface area (Å²) in [5, 5.41) is 3.75. The molecule has 1 fully saturated rings. The number of nitrogens with one attached hydrogen (secondary N) is 1. The number of halogens is 2. The van der Waals surface area contributed by atoms with Crippen molar-refractivity contribution < 1.29 is 8.78 Å². The van der Waals surface area contributed by atoms with Crippen LogP contribution in [-0.2, 0) is 0 Å². The van der Waals surface area contributed by atoms with Gasteiger partial charge < -0.3 is 10.2 Å². The minimum atomic E-state index is -0.772. The molecule has 1 aliphatic heterocycles. The highest BCUT2D eigenvalue weighted by Gasteiger charge is 2.20. The predicted octanol–water partition coefficient (Wildman–Crippen LogP) is 3.05. The van der Waals surface area contributed by atoms with Crippen molar-refractivity contribution in [3.63, 3.8) is 0 Å². The van der Waals surface area contributed by atoms with Gasteiger partial charge in [-0.2, -0.15) is 11.8 Å². The Labute approximate surface area is 123 Å². The van der Waals surface area contributed by atoms with Crippen LogP contribution < -0.4 is 5.32 Å². The van der Waals surface area contributed by atoms with Crippen LogP contribution in [0.25, 0.3) is 0 Å². The van der Waals surface area contributed by atoms with Crippen LogP contribution in [-0.4, -0.2) is 42.6 Å². The van der Waals surface area contributed by atoms with E-state index in [1.54, 1.807) is 19.2 Å². The molecule has 1 aliphatic rings. The molecule has 5 heteroatoms. The normalized spacial score (nSPS) is 21.9. The predicted molar refractivity (Wildman–Crippen MR) is 81.1 cm³/mol. The molecule has 0 aromatic heterocycles. The van der Waals surface area contributed by atoms with E-state index < -0.39 is 11.6 Å². The quantitative estimate of drug-likeness (QED) is 0.900. The fourth-order valence-electron chi connectivity index (χ4n) is 2.65. The second-order valence-corrected chi connectivity index (χ2v) is 6.80. The second kappa shape index (κ2) is 7.38. The van der Waals surface area contributed by atoms with Crippen LogP contribution in [0.15, 0.2) is 18.2 Å². The first kappa shape index (κ1) is 15.7. The van der Waals surface area contributed by atoms with Gasteiger partial charge in [0.05, 0.1) is 0 Å². The zero-order chi connectivity index (χ0) is 14.5. The summed E-state index contributed by atoms with van der Waals surface area (Å²) in [6.07, 6.45) is 0.786. The maximum Gasteiger partial charge on any atom is 0.163 e. The largest absolute Gasteiger partial charge is 0.313 e. The van der Waals surface area contributed by atoms with E-state index in [0.29, 0.717) is 10.8 Å². The minimum Gasteiger partial charge on any atom is -0.313 e. The molecule has 1 N–H and O–H groups in total. The summed E-state index contributed by atoms with van der Waals surface area (Å²) >= 11 is 2.00. The fourth-order valence-corrected chi connectivity index (χ4v) is 3.73. The molecule has 112 valence electrons. The maximum atomic E-state index is 13.8. The van der Waals surface area contributed by atoms with Gasteiger partial charge in [0.2, 0.25) is 0 Å². The molecule has 0 spiro atoms. The number of nitrogens with zero attached hydrogens (tertiary/aromatic N) is 1. The van der Waals surface area contributed by atoms with Gasteiger partial charge >= 0.3 is 0 Å². The summed E-state index contributed by atoms with van der Waals surface area (Å²) < 4.78 is 27.1. The van der Waals surface area contributed by atoms with Crippen molar-refractivity contribution in [2.75, 3.05) is 32.4 Å². The minimum absolute atomic E-state index is 0.143. The lowest BCUT2D eigenvalue weighted by Crippen LogP contribution is -2.38. The van der Waals surface area contributed by atoms with Crippen molar-refractivity contribution in [3.05, 3.63) is 35.4 Å². The van der Waals surface area contributed by atoms with Gasteiger partial charge in [-0.1, -0.05) is 19.1 Å². The van der Waals surface area contributed by atoms with Crippen molar-refractivity contribution in [1.82, 2.24) is 10.2 Å². The Morgan fingerprint density at radius 3 is 2.95 bits per heavy atom. The van der Waals surface area contributed by atoms with Gasteiger partial charge in [-0.25, -0.2) is 8.78 Å². The van der Waals surface area contributed by atoms with E-state index in [2.05, 4.69) is 17.1 Å². The average molecular weight is 300 g/mol. The molecule has 1 aromatic rings. The Balaban J connectivity index is 1.97. The monoisotopic (exact) mass is 300 g/mol. The first-order chi connectivity index (χ1) is 9.61. The van der Waals surface area contributed by atoms with Crippen LogP contribution >= 0.6 is 11.8 Å². The molecule has 2 rings (SSSR count). The van der Waals surface area contributed by atoms with Gasteiger partial charge in [0.15, 0.2) is 11.6 Å². The zero-order valence-electron chi connectivity index (χ0n) is 12.0. The maximum absolute atomic E-state index is 13.8. The van der Waals surface area contributed by atoms with Crippen LogP contribution in [0.1, 0.15) is 24.9 Å². The van der Waals surface area contributed by atoms with E-state index in [1.807, 2.05) is 11.8 Å². The Kier molecular flexibility index (Phi) is 5.81. The summed E-state index contributed by atoms with van der Waals surface area (Å²) in [5.41, 5.74) is 0.423. The Hall–Kier alpha value is -0.650. The van der Waals surface area contributed by atoms with Crippen molar-refractivity contribution >= 4 is 11.8 Å². The molecule has 0 saturated carbocycles. The SMILES string of the molecule is CNC(CCN1CCSC(C)C1)c1cccc(F)c1F. The lowest BCUT2D eigenvalue weighted by Gasteiger charge is -2.31. The standard InChI is InChI=1S/C15H22F2N2S/c1-11-10-19(8-9-20-11)7-6-14(18-2)12-4-3-5-13(16)15(12)17/h3-5,11,14,18H,6-10H2,1-2H3. The van der Waals surface area contributed by atoms with Crippen molar-refractivity contribution in [2.45, 2.75) is 24.6 Å². The first-order valence-corrected chi connectivity index (χ1v) is 8.11. The van der Waals surface area contributed by atoms with Gasteiger partial charge in [-0.3, -0.25) is 0 Å². The van der Waals surface area contributed by atoms with Crippen LogP contribution in [0.3, 0.4) is 0 Å². The fraction of sp³-hybridized carbons (Fsp3) is 0.600. The third-order valence-electron chi connectivity index (χ3n) is 3.76. The van der Waals surface area contributed by atoms with E-state index in [4.69, 9.17) is 0 Å². The Bertz CT molecular complexity index is 442. The average Bonchev–Trinajstić information content (AvgIpc) is 2.44. The van der Waals surface area contributed by atoms with Gasteiger partial charge in [0.1, 0.15) is 0 Å². The Morgan fingerprint density at radius 2 is 2.25 bits per heavy atom. The number of rotatable bonds is 5. The molecule has 0 amide bonds.